The van der Waals surface area contributed by atoms with Crippen molar-refractivity contribution in [2.45, 2.75) is 26.3 Å². The molecule has 0 saturated carbocycles. The molecule has 1 aromatic rings. The molecule has 0 aliphatic heterocycles. The molecule has 136 valence electrons. The minimum atomic E-state index is -0.628. The lowest BCUT2D eigenvalue weighted by Gasteiger charge is -2.23. The van der Waals surface area contributed by atoms with E-state index in [0.717, 1.165) is 10.0 Å². The molecule has 0 bridgehead atoms. The lowest BCUT2D eigenvalue weighted by Crippen LogP contribution is -2.46. The monoisotopic (exact) mass is 410 g/mol. The molecule has 7 heteroatoms. The van der Waals surface area contributed by atoms with E-state index in [4.69, 9.17) is 4.74 Å². The third kappa shape index (κ3) is 8.49. The van der Waals surface area contributed by atoms with E-state index < -0.39 is 18.5 Å². The fraction of sp³-hybridized carbons (Fsp3) is 0.389. The summed E-state index contributed by atoms with van der Waals surface area (Å²) in [7, 11) is 1.48. The van der Waals surface area contributed by atoms with Crippen LogP contribution in [0.15, 0.2) is 34.8 Å². The first-order chi connectivity index (χ1) is 11.6. The maximum atomic E-state index is 11.9. The molecule has 0 aliphatic carbocycles. The zero-order valence-corrected chi connectivity index (χ0v) is 16.4. The van der Waals surface area contributed by atoms with Crippen molar-refractivity contribution in [3.8, 4) is 0 Å². The predicted octanol–water partition coefficient (Wildman–Crippen LogP) is 2.38. The highest BCUT2D eigenvalue weighted by Gasteiger charge is 2.18. The summed E-state index contributed by atoms with van der Waals surface area (Å²) in [6.45, 7) is 5.04. The number of amides is 2. The first-order valence-electron chi connectivity index (χ1n) is 7.73. The van der Waals surface area contributed by atoms with E-state index in [1.807, 2.05) is 45.0 Å². The second-order valence-corrected chi connectivity index (χ2v) is 7.36. The lowest BCUT2D eigenvalue weighted by molar-refractivity contribution is -0.148. The van der Waals surface area contributed by atoms with Crippen molar-refractivity contribution in [1.82, 2.24) is 10.2 Å². The number of carbonyl (C=O) groups is 3. The number of rotatable bonds is 6. The molecule has 1 aromatic carbocycles. The summed E-state index contributed by atoms with van der Waals surface area (Å²) >= 11 is 3.37. The van der Waals surface area contributed by atoms with Gasteiger partial charge in [-0.2, -0.15) is 0 Å². The largest absolute Gasteiger partial charge is 0.452 e. The van der Waals surface area contributed by atoms with Gasteiger partial charge in [0.1, 0.15) is 0 Å². The summed E-state index contributed by atoms with van der Waals surface area (Å²) in [4.78, 5) is 36.6. The summed E-state index contributed by atoms with van der Waals surface area (Å²) in [5.41, 5.74) is 0.450. The number of carbonyl (C=O) groups excluding carboxylic acids is 3. The van der Waals surface area contributed by atoms with Crippen LogP contribution in [0.5, 0.6) is 0 Å². The van der Waals surface area contributed by atoms with Gasteiger partial charge in [0.05, 0.1) is 6.54 Å². The SMILES string of the molecule is CN(CC(=O)NC(C)(C)C)C(=O)COC(=O)/C=C/c1ccccc1Br. The van der Waals surface area contributed by atoms with Gasteiger partial charge in [0.25, 0.3) is 5.91 Å². The average Bonchev–Trinajstić information content (AvgIpc) is 2.49. The molecule has 0 heterocycles. The van der Waals surface area contributed by atoms with Crippen LogP contribution in [0.2, 0.25) is 0 Å². The van der Waals surface area contributed by atoms with Crippen LogP contribution in [0.25, 0.3) is 6.08 Å². The van der Waals surface area contributed by atoms with E-state index in [1.54, 1.807) is 6.08 Å². The second kappa shape index (κ2) is 9.36. The van der Waals surface area contributed by atoms with Gasteiger partial charge in [-0.15, -0.1) is 0 Å². The van der Waals surface area contributed by atoms with Crippen LogP contribution < -0.4 is 5.32 Å². The summed E-state index contributed by atoms with van der Waals surface area (Å²) in [6.07, 6.45) is 2.84. The predicted molar refractivity (Wildman–Crippen MR) is 99.7 cm³/mol. The Kier molecular flexibility index (Phi) is 7.83. The van der Waals surface area contributed by atoms with Crippen LogP contribution in [-0.4, -0.2) is 48.4 Å². The first-order valence-corrected chi connectivity index (χ1v) is 8.52. The molecule has 0 radical (unpaired) electrons. The van der Waals surface area contributed by atoms with Crippen molar-refractivity contribution in [1.29, 1.82) is 0 Å². The molecule has 1 rings (SSSR count). The number of halogens is 1. The Morgan fingerprint density at radius 3 is 2.48 bits per heavy atom. The average molecular weight is 411 g/mol. The van der Waals surface area contributed by atoms with Crippen LogP contribution in [0.3, 0.4) is 0 Å². The molecule has 0 spiro atoms. The molecule has 6 nitrogen and oxygen atoms in total. The molecule has 0 unspecified atom stereocenters. The molecule has 0 aromatic heterocycles. The van der Waals surface area contributed by atoms with E-state index >= 15 is 0 Å². The number of benzene rings is 1. The van der Waals surface area contributed by atoms with Gasteiger partial charge in [0, 0.05) is 23.1 Å². The van der Waals surface area contributed by atoms with Crippen LogP contribution in [0.4, 0.5) is 0 Å². The van der Waals surface area contributed by atoms with Crippen LogP contribution in [0.1, 0.15) is 26.3 Å². The summed E-state index contributed by atoms with van der Waals surface area (Å²) < 4.78 is 5.75. The van der Waals surface area contributed by atoms with Crippen molar-refractivity contribution >= 4 is 39.8 Å². The van der Waals surface area contributed by atoms with Crippen LogP contribution in [-0.2, 0) is 19.1 Å². The number of hydrogen-bond donors (Lipinski definition) is 1. The first kappa shape index (κ1) is 20.9. The fourth-order valence-corrected chi connectivity index (χ4v) is 2.24. The third-order valence-corrected chi connectivity index (χ3v) is 3.69. The van der Waals surface area contributed by atoms with Gasteiger partial charge in [-0.05, 0) is 38.5 Å². The molecule has 0 aliphatic rings. The standard InChI is InChI=1S/C18H23BrN2O4/c1-18(2,3)20-15(22)11-21(4)16(23)12-25-17(24)10-9-13-7-5-6-8-14(13)19/h5-10H,11-12H2,1-4H3,(H,20,22)/b10-9+. The van der Waals surface area contributed by atoms with E-state index in [-0.39, 0.29) is 18.0 Å². The molecular formula is C18H23BrN2O4. The molecular weight excluding hydrogens is 388 g/mol. The van der Waals surface area contributed by atoms with Gasteiger partial charge in [0.2, 0.25) is 5.91 Å². The second-order valence-electron chi connectivity index (χ2n) is 6.51. The Labute approximate surface area is 156 Å². The van der Waals surface area contributed by atoms with Crippen LogP contribution >= 0.6 is 15.9 Å². The fourth-order valence-electron chi connectivity index (χ4n) is 1.82. The Morgan fingerprint density at radius 2 is 1.88 bits per heavy atom. The molecule has 2 amide bonds. The zero-order chi connectivity index (χ0) is 19.0. The van der Waals surface area contributed by atoms with Crippen LogP contribution in [0, 0.1) is 0 Å². The van der Waals surface area contributed by atoms with Gasteiger partial charge in [0.15, 0.2) is 6.61 Å². The smallest absolute Gasteiger partial charge is 0.331 e. The number of esters is 1. The highest BCUT2D eigenvalue weighted by atomic mass is 79.9. The highest BCUT2D eigenvalue weighted by Crippen LogP contribution is 2.17. The summed E-state index contributed by atoms with van der Waals surface area (Å²) in [6, 6.07) is 7.40. The Hall–Kier alpha value is -2.15. The Bertz CT molecular complexity index is 665. The van der Waals surface area contributed by atoms with Crippen molar-refractivity contribution in [2.24, 2.45) is 0 Å². The number of nitrogens with zero attached hydrogens (tertiary/aromatic N) is 1. The number of ether oxygens (including phenoxy) is 1. The van der Waals surface area contributed by atoms with E-state index in [9.17, 15) is 14.4 Å². The van der Waals surface area contributed by atoms with Crippen molar-refractivity contribution in [3.05, 3.63) is 40.4 Å². The zero-order valence-electron chi connectivity index (χ0n) is 14.8. The minimum absolute atomic E-state index is 0.0968. The number of likely N-dealkylation sites (N-methyl/N-ethyl adjacent to an activating group) is 1. The molecule has 0 saturated heterocycles. The van der Waals surface area contributed by atoms with Crippen molar-refractivity contribution in [2.75, 3.05) is 20.2 Å². The van der Waals surface area contributed by atoms with Crippen molar-refractivity contribution in [3.63, 3.8) is 0 Å². The van der Waals surface area contributed by atoms with E-state index in [2.05, 4.69) is 21.2 Å². The number of nitrogens with one attached hydrogen (secondary N) is 1. The van der Waals surface area contributed by atoms with Crippen molar-refractivity contribution < 1.29 is 19.1 Å². The highest BCUT2D eigenvalue weighted by molar-refractivity contribution is 9.10. The maximum Gasteiger partial charge on any atom is 0.331 e. The molecule has 1 N–H and O–H groups in total. The molecule has 0 atom stereocenters. The normalized spacial score (nSPS) is 11.2. The van der Waals surface area contributed by atoms with Gasteiger partial charge >= 0.3 is 5.97 Å². The Morgan fingerprint density at radius 1 is 1.24 bits per heavy atom. The lowest BCUT2D eigenvalue weighted by atomic mass is 10.1. The van der Waals surface area contributed by atoms with Gasteiger partial charge < -0.3 is 15.0 Å². The summed E-state index contributed by atoms with van der Waals surface area (Å²) in [5, 5.41) is 2.76. The van der Waals surface area contributed by atoms with E-state index in [1.165, 1.54) is 18.0 Å². The topological polar surface area (TPSA) is 75.7 Å². The van der Waals surface area contributed by atoms with Gasteiger partial charge in [-0.3, -0.25) is 9.59 Å². The quantitative estimate of drug-likeness (QED) is 0.576. The summed E-state index contributed by atoms with van der Waals surface area (Å²) in [5.74, 6) is -1.35. The third-order valence-electron chi connectivity index (χ3n) is 2.96. The van der Waals surface area contributed by atoms with Gasteiger partial charge in [-0.25, -0.2) is 4.79 Å². The molecule has 0 fully saturated rings. The van der Waals surface area contributed by atoms with E-state index in [0.29, 0.717) is 0 Å². The molecule has 25 heavy (non-hydrogen) atoms. The number of hydrogen-bond acceptors (Lipinski definition) is 4. The Balaban J connectivity index is 2.43. The van der Waals surface area contributed by atoms with Gasteiger partial charge in [-0.1, -0.05) is 34.1 Å². The maximum absolute atomic E-state index is 11.9. The minimum Gasteiger partial charge on any atom is -0.452 e.